The van der Waals surface area contributed by atoms with E-state index in [9.17, 15) is 14.0 Å². The van der Waals surface area contributed by atoms with Gasteiger partial charge in [-0.05, 0) is 31.0 Å². The summed E-state index contributed by atoms with van der Waals surface area (Å²) in [6.45, 7) is 2.53. The Labute approximate surface area is 122 Å². The molecule has 6 heteroatoms. The Morgan fingerprint density at radius 3 is 2.62 bits per heavy atom. The van der Waals surface area contributed by atoms with Crippen LogP contribution in [0, 0.1) is 17.7 Å². The van der Waals surface area contributed by atoms with Crippen LogP contribution in [0.25, 0.3) is 0 Å². The molecule has 1 N–H and O–H groups in total. The molecule has 0 saturated heterocycles. The number of aliphatic carboxylic acids is 1. The van der Waals surface area contributed by atoms with Gasteiger partial charge >= 0.3 is 5.97 Å². The van der Waals surface area contributed by atoms with E-state index in [-0.39, 0.29) is 18.2 Å². The van der Waals surface area contributed by atoms with Crippen LogP contribution in [0.4, 0.5) is 4.39 Å². The number of ether oxygens (including phenoxy) is 1. The average Bonchev–Trinajstić information content (AvgIpc) is 3.24. The molecule has 5 nitrogen and oxygen atoms in total. The lowest BCUT2D eigenvalue weighted by atomic mass is 10.1. The lowest BCUT2D eigenvalue weighted by Gasteiger charge is -2.21. The van der Waals surface area contributed by atoms with Gasteiger partial charge in [0.25, 0.3) is 0 Å². The maximum absolute atomic E-state index is 13.6. The number of carboxylic acids is 1. The Morgan fingerprint density at radius 2 is 2.14 bits per heavy atom. The van der Waals surface area contributed by atoms with Gasteiger partial charge < -0.3 is 14.7 Å². The first-order valence-electron chi connectivity index (χ1n) is 6.82. The van der Waals surface area contributed by atoms with Crippen LogP contribution in [0.3, 0.4) is 0 Å². The molecule has 1 aromatic carbocycles. The zero-order chi connectivity index (χ0) is 15.6. The van der Waals surface area contributed by atoms with E-state index in [0.29, 0.717) is 18.5 Å². The van der Waals surface area contributed by atoms with Gasteiger partial charge in [0.05, 0.1) is 18.9 Å². The number of methoxy groups -OCH3 is 1. The van der Waals surface area contributed by atoms with Crippen LogP contribution in [-0.2, 0) is 16.1 Å². The maximum Gasteiger partial charge on any atom is 0.307 e. The van der Waals surface area contributed by atoms with Crippen molar-refractivity contribution in [3.63, 3.8) is 0 Å². The first-order valence-corrected chi connectivity index (χ1v) is 6.82. The van der Waals surface area contributed by atoms with Gasteiger partial charge in [-0.25, -0.2) is 4.39 Å². The van der Waals surface area contributed by atoms with E-state index >= 15 is 0 Å². The number of amides is 1. The van der Waals surface area contributed by atoms with Crippen molar-refractivity contribution in [3.05, 3.63) is 29.6 Å². The van der Waals surface area contributed by atoms with Crippen molar-refractivity contribution in [3.8, 4) is 5.75 Å². The van der Waals surface area contributed by atoms with E-state index in [4.69, 9.17) is 9.84 Å². The van der Waals surface area contributed by atoms with Crippen LogP contribution >= 0.6 is 0 Å². The predicted molar refractivity (Wildman–Crippen MR) is 73.3 cm³/mol. The molecule has 0 aliphatic heterocycles. The molecule has 1 aliphatic carbocycles. The summed E-state index contributed by atoms with van der Waals surface area (Å²) in [6.07, 6.45) is 0.391. The fourth-order valence-corrected chi connectivity index (χ4v) is 2.35. The summed E-state index contributed by atoms with van der Waals surface area (Å²) in [5, 5.41) is 8.88. The fraction of sp³-hybridized carbons (Fsp3) is 0.467. The predicted octanol–water partition coefficient (Wildman–Crippen LogP) is 1.90. The van der Waals surface area contributed by atoms with Gasteiger partial charge in [-0.3, -0.25) is 9.59 Å². The van der Waals surface area contributed by atoms with Crippen molar-refractivity contribution in [2.45, 2.75) is 19.9 Å². The van der Waals surface area contributed by atoms with Crippen molar-refractivity contribution in [1.82, 2.24) is 4.90 Å². The van der Waals surface area contributed by atoms with Crippen molar-refractivity contribution in [2.24, 2.45) is 11.8 Å². The molecule has 114 valence electrons. The number of carboxylic acid groups (broad SMARTS) is 1. The quantitative estimate of drug-likeness (QED) is 0.870. The molecular weight excluding hydrogens is 277 g/mol. The number of halogens is 1. The molecule has 0 radical (unpaired) electrons. The summed E-state index contributed by atoms with van der Waals surface area (Å²) in [5.74, 6) is -2.44. The van der Waals surface area contributed by atoms with Crippen LogP contribution < -0.4 is 4.74 Å². The molecule has 2 rings (SSSR count). The molecule has 2 unspecified atom stereocenters. The Bertz CT molecular complexity index is 561. The molecule has 0 aromatic heterocycles. The highest BCUT2D eigenvalue weighted by atomic mass is 19.1. The molecule has 1 aromatic rings. The van der Waals surface area contributed by atoms with Crippen LogP contribution in [0.15, 0.2) is 18.2 Å². The Balaban J connectivity index is 2.04. The monoisotopic (exact) mass is 295 g/mol. The molecule has 2 atom stereocenters. The third kappa shape index (κ3) is 3.32. The van der Waals surface area contributed by atoms with E-state index in [0.717, 1.165) is 0 Å². The zero-order valence-corrected chi connectivity index (χ0v) is 12.0. The second kappa shape index (κ2) is 6.11. The molecule has 1 aliphatic rings. The third-order valence-corrected chi connectivity index (χ3v) is 3.71. The van der Waals surface area contributed by atoms with Gasteiger partial charge in [0.1, 0.15) is 0 Å². The van der Waals surface area contributed by atoms with E-state index in [2.05, 4.69) is 0 Å². The third-order valence-electron chi connectivity index (χ3n) is 3.71. The highest BCUT2D eigenvalue weighted by molar-refractivity contribution is 5.89. The first-order chi connectivity index (χ1) is 9.97. The van der Waals surface area contributed by atoms with Crippen LogP contribution in [0.2, 0.25) is 0 Å². The van der Waals surface area contributed by atoms with E-state index in [1.165, 1.54) is 19.2 Å². The summed E-state index contributed by atoms with van der Waals surface area (Å²) in [7, 11) is 1.39. The number of benzene rings is 1. The van der Waals surface area contributed by atoms with E-state index in [1.54, 1.807) is 11.0 Å². The standard InChI is InChI=1S/C15H18FNO4/c1-3-17(14(18)10-7-11(10)15(19)20)8-9-4-5-13(21-2)12(16)6-9/h4-6,10-11H,3,7-8H2,1-2H3,(H,19,20). The summed E-state index contributed by atoms with van der Waals surface area (Å²) < 4.78 is 18.5. The van der Waals surface area contributed by atoms with Crippen molar-refractivity contribution in [2.75, 3.05) is 13.7 Å². The van der Waals surface area contributed by atoms with Crippen LogP contribution in [-0.4, -0.2) is 35.5 Å². The highest BCUT2D eigenvalue weighted by Gasteiger charge is 2.49. The van der Waals surface area contributed by atoms with E-state index < -0.39 is 23.6 Å². The normalized spacial score (nSPS) is 20.0. The zero-order valence-electron chi connectivity index (χ0n) is 12.0. The van der Waals surface area contributed by atoms with Gasteiger partial charge in [0, 0.05) is 13.1 Å². The molecule has 0 heterocycles. The minimum atomic E-state index is -0.931. The van der Waals surface area contributed by atoms with Crippen molar-refractivity contribution < 1.29 is 23.8 Å². The Hall–Kier alpha value is -2.11. The lowest BCUT2D eigenvalue weighted by Crippen LogP contribution is -2.32. The smallest absolute Gasteiger partial charge is 0.307 e. The average molecular weight is 295 g/mol. The summed E-state index contributed by atoms with van der Waals surface area (Å²) in [4.78, 5) is 24.6. The molecule has 0 spiro atoms. The number of hydrogen-bond donors (Lipinski definition) is 1. The molecule has 1 fully saturated rings. The largest absolute Gasteiger partial charge is 0.494 e. The maximum atomic E-state index is 13.6. The summed E-state index contributed by atoms with van der Waals surface area (Å²) >= 11 is 0. The highest BCUT2D eigenvalue weighted by Crippen LogP contribution is 2.40. The number of carbonyl (C=O) groups is 2. The Morgan fingerprint density at radius 1 is 1.43 bits per heavy atom. The molecule has 1 amide bonds. The summed E-state index contributed by atoms with van der Waals surface area (Å²) in [6, 6.07) is 4.54. The number of nitrogens with zero attached hydrogens (tertiary/aromatic N) is 1. The van der Waals surface area contributed by atoms with Gasteiger partial charge in [0.2, 0.25) is 5.91 Å². The number of carbonyl (C=O) groups excluding carboxylic acids is 1. The van der Waals surface area contributed by atoms with Gasteiger partial charge in [0.15, 0.2) is 11.6 Å². The second-order valence-corrected chi connectivity index (χ2v) is 5.11. The minimum Gasteiger partial charge on any atom is -0.494 e. The fourth-order valence-electron chi connectivity index (χ4n) is 2.35. The Kier molecular flexibility index (Phi) is 4.45. The SMILES string of the molecule is CCN(Cc1ccc(OC)c(F)c1)C(=O)C1CC1C(=O)O. The second-order valence-electron chi connectivity index (χ2n) is 5.11. The van der Waals surface area contributed by atoms with Crippen LogP contribution in [0.5, 0.6) is 5.75 Å². The molecule has 21 heavy (non-hydrogen) atoms. The number of hydrogen-bond acceptors (Lipinski definition) is 3. The van der Waals surface area contributed by atoms with Gasteiger partial charge in [-0.1, -0.05) is 6.07 Å². The molecule has 1 saturated carbocycles. The van der Waals surface area contributed by atoms with E-state index in [1.807, 2.05) is 6.92 Å². The topological polar surface area (TPSA) is 66.8 Å². The van der Waals surface area contributed by atoms with Gasteiger partial charge in [-0.2, -0.15) is 0 Å². The summed E-state index contributed by atoms with van der Waals surface area (Å²) in [5.41, 5.74) is 0.649. The van der Waals surface area contributed by atoms with Gasteiger partial charge in [-0.15, -0.1) is 0 Å². The molecule has 0 bridgehead atoms. The van der Waals surface area contributed by atoms with Crippen molar-refractivity contribution >= 4 is 11.9 Å². The minimum absolute atomic E-state index is 0.154. The van der Waals surface area contributed by atoms with Crippen molar-refractivity contribution in [1.29, 1.82) is 0 Å². The number of rotatable bonds is 6. The lowest BCUT2D eigenvalue weighted by molar-refractivity contribution is -0.142. The van der Waals surface area contributed by atoms with Crippen LogP contribution in [0.1, 0.15) is 18.9 Å². The molecular formula is C15H18FNO4. The first kappa shape index (κ1) is 15.3.